The molecule has 0 aromatic carbocycles. The lowest BCUT2D eigenvalue weighted by Crippen LogP contribution is -2.40. The third-order valence-electron chi connectivity index (χ3n) is 3.98. The fourth-order valence-electron chi connectivity index (χ4n) is 2.68. The van der Waals surface area contributed by atoms with Gasteiger partial charge in [0, 0.05) is 0 Å². The Morgan fingerprint density at radius 1 is 1.39 bits per heavy atom. The number of nitrogens with zero attached hydrogens (tertiary/aromatic N) is 1. The molecule has 0 bridgehead atoms. The third-order valence-corrected chi connectivity index (χ3v) is 4.89. The Balaban J connectivity index is 1.82. The molecule has 1 fully saturated rings. The van der Waals surface area contributed by atoms with Crippen molar-refractivity contribution in [2.45, 2.75) is 33.6 Å². The molecule has 1 saturated heterocycles. The summed E-state index contributed by atoms with van der Waals surface area (Å²) < 4.78 is 0. The van der Waals surface area contributed by atoms with Gasteiger partial charge in [-0.1, -0.05) is 26.8 Å². The quantitative estimate of drug-likeness (QED) is 0.777. The zero-order valence-electron chi connectivity index (χ0n) is 11.6. The molecular weight excluding hydrogens is 242 g/mol. The number of Topliss-reactive ketones (excluding diaryl/α,β-unsaturated/α-hetero) is 1. The van der Waals surface area contributed by atoms with Gasteiger partial charge in [-0.3, -0.25) is 9.69 Å². The summed E-state index contributed by atoms with van der Waals surface area (Å²) in [7, 11) is 0. The van der Waals surface area contributed by atoms with Crippen LogP contribution in [0, 0.1) is 11.3 Å². The van der Waals surface area contributed by atoms with Gasteiger partial charge in [-0.05, 0) is 48.7 Å². The Morgan fingerprint density at radius 2 is 2.06 bits per heavy atom. The van der Waals surface area contributed by atoms with E-state index in [9.17, 15) is 4.79 Å². The molecule has 0 N–H and O–H groups in total. The number of thiophene rings is 1. The molecule has 2 heterocycles. The topological polar surface area (TPSA) is 20.3 Å². The number of carbonyl (C=O) groups is 1. The predicted octanol–water partition coefficient (Wildman–Crippen LogP) is 3.69. The van der Waals surface area contributed by atoms with Gasteiger partial charge in [0.2, 0.25) is 0 Å². The van der Waals surface area contributed by atoms with Crippen LogP contribution in [0.15, 0.2) is 17.5 Å². The van der Waals surface area contributed by atoms with Crippen LogP contribution in [0.3, 0.4) is 0 Å². The van der Waals surface area contributed by atoms with E-state index in [-0.39, 0.29) is 5.78 Å². The number of rotatable bonds is 3. The van der Waals surface area contributed by atoms with Crippen LogP contribution in [0.2, 0.25) is 0 Å². The van der Waals surface area contributed by atoms with Gasteiger partial charge < -0.3 is 0 Å². The average Bonchev–Trinajstić information content (AvgIpc) is 2.82. The minimum absolute atomic E-state index is 0.277. The number of piperidine rings is 1. The molecule has 0 atom stereocenters. The van der Waals surface area contributed by atoms with E-state index < -0.39 is 0 Å². The second kappa shape index (κ2) is 5.54. The van der Waals surface area contributed by atoms with Crippen LogP contribution in [0.5, 0.6) is 0 Å². The molecule has 0 unspecified atom stereocenters. The lowest BCUT2D eigenvalue weighted by molar-refractivity contribution is 0.0825. The average molecular weight is 265 g/mol. The summed E-state index contributed by atoms with van der Waals surface area (Å²) in [5, 5.41) is 1.97. The zero-order chi connectivity index (χ0) is 13.2. The van der Waals surface area contributed by atoms with E-state index in [0.717, 1.165) is 23.9 Å². The molecule has 2 nitrogen and oxygen atoms in total. The van der Waals surface area contributed by atoms with Crippen molar-refractivity contribution in [2.75, 3.05) is 19.6 Å². The summed E-state index contributed by atoms with van der Waals surface area (Å²) in [6.07, 6.45) is 2.45. The maximum Gasteiger partial charge on any atom is 0.186 e. The summed E-state index contributed by atoms with van der Waals surface area (Å²) in [6.45, 7) is 9.70. The highest BCUT2D eigenvalue weighted by Crippen LogP contribution is 2.34. The summed E-state index contributed by atoms with van der Waals surface area (Å²) in [5.41, 5.74) is 0.407. The van der Waals surface area contributed by atoms with E-state index in [4.69, 9.17) is 0 Å². The summed E-state index contributed by atoms with van der Waals surface area (Å²) in [6, 6.07) is 3.87. The molecule has 0 spiro atoms. The minimum Gasteiger partial charge on any atom is -0.296 e. The van der Waals surface area contributed by atoms with Gasteiger partial charge in [-0.2, -0.15) is 0 Å². The maximum atomic E-state index is 12.0. The molecular formula is C15H23NOS. The Bertz CT molecular complexity index is 383. The highest BCUT2D eigenvalue weighted by Gasteiger charge is 2.29. The van der Waals surface area contributed by atoms with Crippen LogP contribution in [0.25, 0.3) is 0 Å². The van der Waals surface area contributed by atoms with Gasteiger partial charge in [-0.25, -0.2) is 0 Å². The predicted molar refractivity (Wildman–Crippen MR) is 77.3 cm³/mol. The van der Waals surface area contributed by atoms with Crippen LogP contribution >= 0.6 is 11.3 Å². The van der Waals surface area contributed by atoms with Crippen molar-refractivity contribution in [1.82, 2.24) is 4.90 Å². The first kappa shape index (κ1) is 13.8. The molecule has 0 aliphatic carbocycles. The molecule has 100 valence electrons. The van der Waals surface area contributed by atoms with Crippen molar-refractivity contribution in [1.29, 1.82) is 0 Å². The van der Waals surface area contributed by atoms with Crippen molar-refractivity contribution in [3.63, 3.8) is 0 Å². The Labute approximate surface area is 114 Å². The molecule has 3 heteroatoms. The maximum absolute atomic E-state index is 12.0. The Morgan fingerprint density at radius 3 is 2.56 bits per heavy atom. The smallest absolute Gasteiger partial charge is 0.186 e. The van der Waals surface area contributed by atoms with Gasteiger partial charge in [0.1, 0.15) is 0 Å². The number of likely N-dealkylation sites (tertiary alicyclic amines) is 1. The summed E-state index contributed by atoms with van der Waals surface area (Å²) in [4.78, 5) is 15.2. The fraction of sp³-hybridized carbons (Fsp3) is 0.667. The zero-order valence-corrected chi connectivity index (χ0v) is 12.4. The highest BCUT2D eigenvalue weighted by molar-refractivity contribution is 7.12. The van der Waals surface area contributed by atoms with Gasteiger partial charge in [-0.15, -0.1) is 11.3 Å². The third kappa shape index (κ3) is 3.42. The van der Waals surface area contributed by atoms with E-state index in [2.05, 4.69) is 25.7 Å². The standard InChI is InChI=1S/C15H23NOS/c1-15(2,3)12-6-8-16(9-7-12)11-13(17)14-5-4-10-18-14/h4-5,10,12H,6-9,11H2,1-3H3. The molecule has 0 saturated carbocycles. The van der Waals surface area contributed by atoms with Gasteiger partial charge in [0.05, 0.1) is 11.4 Å². The van der Waals surface area contributed by atoms with E-state index in [1.54, 1.807) is 11.3 Å². The molecule has 1 aromatic heterocycles. The van der Waals surface area contributed by atoms with E-state index >= 15 is 0 Å². The first-order valence-corrected chi connectivity index (χ1v) is 7.64. The fourth-order valence-corrected chi connectivity index (χ4v) is 3.33. The van der Waals surface area contributed by atoms with Crippen LogP contribution in [0.1, 0.15) is 43.3 Å². The molecule has 18 heavy (non-hydrogen) atoms. The SMILES string of the molecule is CC(C)(C)C1CCN(CC(=O)c2cccs2)CC1. The van der Waals surface area contributed by atoms with E-state index in [1.165, 1.54) is 12.8 Å². The lowest BCUT2D eigenvalue weighted by Gasteiger charge is -2.38. The van der Waals surface area contributed by atoms with Crippen LogP contribution < -0.4 is 0 Å². The van der Waals surface area contributed by atoms with Crippen molar-refractivity contribution in [3.8, 4) is 0 Å². The molecule has 0 radical (unpaired) electrons. The van der Waals surface area contributed by atoms with E-state index in [0.29, 0.717) is 12.0 Å². The van der Waals surface area contributed by atoms with Crippen LogP contribution in [0.4, 0.5) is 0 Å². The number of carbonyl (C=O) groups excluding carboxylic acids is 1. The Hall–Kier alpha value is -0.670. The largest absolute Gasteiger partial charge is 0.296 e. The molecule has 2 rings (SSSR count). The van der Waals surface area contributed by atoms with Crippen LogP contribution in [-0.4, -0.2) is 30.3 Å². The first-order chi connectivity index (χ1) is 8.47. The monoisotopic (exact) mass is 265 g/mol. The van der Waals surface area contributed by atoms with Gasteiger partial charge in [0.25, 0.3) is 0 Å². The van der Waals surface area contributed by atoms with Crippen molar-refractivity contribution in [3.05, 3.63) is 22.4 Å². The highest BCUT2D eigenvalue weighted by atomic mass is 32.1. The summed E-state index contributed by atoms with van der Waals surface area (Å²) in [5.74, 6) is 1.07. The second-order valence-corrected chi connectivity index (χ2v) is 7.26. The number of ketones is 1. The van der Waals surface area contributed by atoms with E-state index in [1.807, 2.05) is 17.5 Å². The molecule has 1 aromatic rings. The molecule has 1 aliphatic rings. The molecule has 0 amide bonds. The molecule has 1 aliphatic heterocycles. The van der Waals surface area contributed by atoms with Gasteiger partial charge in [0.15, 0.2) is 5.78 Å². The second-order valence-electron chi connectivity index (χ2n) is 6.32. The lowest BCUT2D eigenvalue weighted by atomic mass is 9.75. The van der Waals surface area contributed by atoms with Crippen molar-refractivity contribution >= 4 is 17.1 Å². The first-order valence-electron chi connectivity index (χ1n) is 6.76. The summed E-state index contributed by atoms with van der Waals surface area (Å²) >= 11 is 1.55. The normalized spacial score (nSPS) is 19.1. The van der Waals surface area contributed by atoms with Crippen molar-refractivity contribution in [2.24, 2.45) is 11.3 Å². The minimum atomic E-state index is 0.277. The van der Waals surface area contributed by atoms with Gasteiger partial charge >= 0.3 is 0 Å². The number of hydrogen-bond donors (Lipinski definition) is 0. The van der Waals surface area contributed by atoms with Crippen molar-refractivity contribution < 1.29 is 4.79 Å². The van der Waals surface area contributed by atoms with Crippen LogP contribution in [-0.2, 0) is 0 Å². The Kier molecular flexibility index (Phi) is 4.23. The number of hydrogen-bond acceptors (Lipinski definition) is 3.